The van der Waals surface area contributed by atoms with E-state index in [2.05, 4.69) is 22.4 Å². The van der Waals surface area contributed by atoms with Gasteiger partial charge < -0.3 is 10.2 Å². The first-order valence-corrected chi connectivity index (χ1v) is 8.54. The number of nitrogens with one attached hydrogen (secondary N) is 1. The summed E-state index contributed by atoms with van der Waals surface area (Å²) in [6, 6.07) is 17.8. The van der Waals surface area contributed by atoms with Crippen molar-refractivity contribution in [2.45, 2.75) is 13.0 Å². The average Bonchev–Trinajstić information content (AvgIpc) is 2.69. The molecule has 1 aliphatic rings. The normalized spacial score (nSPS) is 13.2. The molecule has 5 heteroatoms. The third kappa shape index (κ3) is 3.42. The molecular weight excluding hydrogens is 329 g/mol. The zero-order valence-corrected chi connectivity index (χ0v) is 14.2. The van der Waals surface area contributed by atoms with Gasteiger partial charge in [0.25, 0.3) is 5.91 Å². The maximum atomic E-state index is 13.0. The number of amides is 1. The number of aromatic nitrogens is 1. The number of benzene rings is 2. The standard InChI is InChI=1S/C21H18FN3O/c22-17-5-7-18(8-6-17)24-19-9-11-23-20(13-19)21(26)25-12-10-15-3-1-2-4-16(15)14-25/h1-9,11,13H,10,12,14H2,(H,23,24). The molecule has 130 valence electrons. The van der Waals surface area contributed by atoms with Gasteiger partial charge in [-0.15, -0.1) is 0 Å². The second-order valence-electron chi connectivity index (χ2n) is 6.31. The van der Waals surface area contributed by atoms with Gasteiger partial charge in [0.05, 0.1) is 0 Å². The lowest BCUT2D eigenvalue weighted by Gasteiger charge is -2.28. The van der Waals surface area contributed by atoms with Crippen molar-refractivity contribution in [3.05, 3.63) is 89.5 Å². The van der Waals surface area contributed by atoms with Crippen LogP contribution in [-0.4, -0.2) is 22.3 Å². The van der Waals surface area contributed by atoms with E-state index in [9.17, 15) is 9.18 Å². The molecule has 3 aromatic rings. The van der Waals surface area contributed by atoms with Gasteiger partial charge in [-0.2, -0.15) is 0 Å². The Kier molecular flexibility index (Phi) is 4.35. The minimum Gasteiger partial charge on any atom is -0.355 e. The van der Waals surface area contributed by atoms with Gasteiger partial charge in [0, 0.05) is 30.7 Å². The Bertz CT molecular complexity index is 940. The first kappa shape index (κ1) is 16.3. The van der Waals surface area contributed by atoms with Gasteiger partial charge >= 0.3 is 0 Å². The summed E-state index contributed by atoms with van der Waals surface area (Å²) in [5.74, 6) is -0.367. The van der Waals surface area contributed by atoms with Crippen LogP contribution in [0.2, 0.25) is 0 Å². The Balaban J connectivity index is 1.51. The highest BCUT2D eigenvalue weighted by Crippen LogP contribution is 2.22. The van der Waals surface area contributed by atoms with Crippen LogP contribution in [0.15, 0.2) is 66.9 Å². The van der Waals surface area contributed by atoms with E-state index in [-0.39, 0.29) is 11.7 Å². The average molecular weight is 347 g/mol. The van der Waals surface area contributed by atoms with Gasteiger partial charge in [-0.1, -0.05) is 24.3 Å². The second-order valence-corrected chi connectivity index (χ2v) is 6.31. The Morgan fingerprint density at radius 2 is 1.77 bits per heavy atom. The van der Waals surface area contributed by atoms with Crippen LogP contribution in [-0.2, 0) is 13.0 Å². The molecule has 0 radical (unpaired) electrons. The van der Waals surface area contributed by atoms with E-state index in [1.807, 2.05) is 17.0 Å². The summed E-state index contributed by atoms with van der Waals surface area (Å²) in [4.78, 5) is 18.9. The summed E-state index contributed by atoms with van der Waals surface area (Å²) in [6.45, 7) is 1.29. The lowest BCUT2D eigenvalue weighted by molar-refractivity contribution is 0.0729. The molecule has 0 spiro atoms. The fraction of sp³-hybridized carbons (Fsp3) is 0.143. The van der Waals surface area contributed by atoms with Gasteiger partial charge in [0.2, 0.25) is 0 Å². The molecule has 4 rings (SSSR count). The van der Waals surface area contributed by atoms with Crippen LogP contribution in [0.5, 0.6) is 0 Å². The van der Waals surface area contributed by atoms with E-state index < -0.39 is 0 Å². The first-order valence-electron chi connectivity index (χ1n) is 8.54. The van der Waals surface area contributed by atoms with Crippen molar-refractivity contribution >= 4 is 17.3 Å². The van der Waals surface area contributed by atoms with Crippen LogP contribution in [0.3, 0.4) is 0 Å². The smallest absolute Gasteiger partial charge is 0.272 e. The molecule has 2 heterocycles. The van der Waals surface area contributed by atoms with Crippen LogP contribution in [0, 0.1) is 5.82 Å². The SMILES string of the molecule is O=C(c1cc(Nc2ccc(F)cc2)ccn1)N1CCc2ccccc2C1. The number of hydrogen-bond donors (Lipinski definition) is 1. The monoisotopic (exact) mass is 347 g/mol. The molecule has 0 aliphatic carbocycles. The minimum absolute atomic E-state index is 0.0812. The first-order chi connectivity index (χ1) is 12.7. The zero-order chi connectivity index (χ0) is 17.9. The van der Waals surface area contributed by atoms with E-state index >= 15 is 0 Å². The lowest BCUT2D eigenvalue weighted by Crippen LogP contribution is -2.36. The maximum Gasteiger partial charge on any atom is 0.272 e. The summed E-state index contributed by atoms with van der Waals surface area (Å²) in [7, 11) is 0. The summed E-state index contributed by atoms with van der Waals surface area (Å²) < 4.78 is 13.0. The minimum atomic E-state index is -0.286. The number of hydrogen-bond acceptors (Lipinski definition) is 3. The molecule has 0 saturated heterocycles. The fourth-order valence-electron chi connectivity index (χ4n) is 3.16. The number of anilines is 2. The summed E-state index contributed by atoms with van der Waals surface area (Å²) in [5, 5.41) is 3.17. The fourth-order valence-corrected chi connectivity index (χ4v) is 3.16. The van der Waals surface area contributed by atoms with E-state index in [4.69, 9.17) is 0 Å². The van der Waals surface area contributed by atoms with E-state index in [1.165, 1.54) is 23.3 Å². The molecular formula is C21H18FN3O. The molecule has 0 fully saturated rings. The molecule has 0 atom stereocenters. The molecule has 1 N–H and O–H groups in total. The van der Waals surface area contributed by atoms with Crippen molar-refractivity contribution in [2.75, 3.05) is 11.9 Å². The molecule has 0 bridgehead atoms. The molecule has 1 aliphatic heterocycles. The summed E-state index contributed by atoms with van der Waals surface area (Å²) in [5.41, 5.74) is 4.38. The van der Waals surface area contributed by atoms with E-state index in [1.54, 1.807) is 30.5 Å². The number of halogens is 1. The van der Waals surface area contributed by atoms with Crippen molar-refractivity contribution < 1.29 is 9.18 Å². The van der Waals surface area contributed by atoms with Crippen molar-refractivity contribution in [1.29, 1.82) is 0 Å². The Labute approximate surface area is 151 Å². The predicted molar refractivity (Wildman–Crippen MR) is 98.8 cm³/mol. The van der Waals surface area contributed by atoms with Crippen molar-refractivity contribution in [2.24, 2.45) is 0 Å². The van der Waals surface area contributed by atoms with Crippen molar-refractivity contribution in [3.8, 4) is 0 Å². The molecule has 2 aromatic carbocycles. The van der Waals surface area contributed by atoms with E-state index in [0.29, 0.717) is 18.8 Å². The van der Waals surface area contributed by atoms with Gasteiger partial charge in [-0.25, -0.2) is 4.39 Å². The van der Waals surface area contributed by atoms with Gasteiger partial charge in [0.15, 0.2) is 0 Å². The highest BCUT2D eigenvalue weighted by atomic mass is 19.1. The number of carbonyl (C=O) groups is 1. The van der Waals surface area contributed by atoms with Gasteiger partial charge in [-0.05, 0) is 53.9 Å². The third-order valence-corrected chi connectivity index (χ3v) is 4.53. The quantitative estimate of drug-likeness (QED) is 0.774. The largest absolute Gasteiger partial charge is 0.355 e. The second kappa shape index (κ2) is 6.96. The molecule has 1 aromatic heterocycles. The number of rotatable bonds is 3. The number of pyridine rings is 1. The van der Waals surface area contributed by atoms with Crippen molar-refractivity contribution in [1.82, 2.24) is 9.88 Å². The topological polar surface area (TPSA) is 45.2 Å². The van der Waals surface area contributed by atoms with Crippen LogP contribution in [0.25, 0.3) is 0 Å². The molecule has 26 heavy (non-hydrogen) atoms. The van der Waals surface area contributed by atoms with Crippen molar-refractivity contribution in [3.63, 3.8) is 0 Å². The lowest BCUT2D eigenvalue weighted by atomic mass is 10.00. The highest BCUT2D eigenvalue weighted by Gasteiger charge is 2.22. The van der Waals surface area contributed by atoms with Crippen LogP contribution in [0.1, 0.15) is 21.6 Å². The summed E-state index contributed by atoms with van der Waals surface area (Å²) in [6.07, 6.45) is 2.46. The molecule has 1 amide bonds. The number of fused-ring (bicyclic) bond motifs is 1. The highest BCUT2D eigenvalue weighted by molar-refractivity contribution is 5.93. The van der Waals surface area contributed by atoms with Crippen LogP contribution >= 0.6 is 0 Å². The Hall–Kier alpha value is -3.21. The Morgan fingerprint density at radius 3 is 2.58 bits per heavy atom. The Morgan fingerprint density at radius 1 is 1.00 bits per heavy atom. The van der Waals surface area contributed by atoms with Gasteiger partial charge in [0.1, 0.15) is 11.5 Å². The number of carbonyl (C=O) groups excluding carboxylic acids is 1. The van der Waals surface area contributed by atoms with E-state index in [0.717, 1.165) is 17.8 Å². The zero-order valence-electron chi connectivity index (χ0n) is 14.2. The third-order valence-electron chi connectivity index (χ3n) is 4.53. The molecule has 4 nitrogen and oxygen atoms in total. The number of nitrogens with zero attached hydrogens (tertiary/aromatic N) is 2. The predicted octanol–water partition coefficient (Wildman–Crippen LogP) is 4.16. The van der Waals surface area contributed by atoms with Crippen LogP contribution in [0.4, 0.5) is 15.8 Å². The molecule has 0 unspecified atom stereocenters. The molecule has 0 saturated carbocycles. The summed E-state index contributed by atoms with van der Waals surface area (Å²) >= 11 is 0. The van der Waals surface area contributed by atoms with Crippen LogP contribution < -0.4 is 5.32 Å². The maximum absolute atomic E-state index is 13.0. The van der Waals surface area contributed by atoms with Gasteiger partial charge in [-0.3, -0.25) is 9.78 Å².